The quantitative estimate of drug-likeness (QED) is 0.744. The van der Waals surface area contributed by atoms with E-state index in [1.165, 1.54) is 6.20 Å². The van der Waals surface area contributed by atoms with E-state index < -0.39 is 0 Å². The molecular weight excluding hydrogens is 244 g/mol. The van der Waals surface area contributed by atoms with Crippen molar-refractivity contribution in [3.8, 4) is 29.0 Å². The molecule has 7 nitrogen and oxygen atoms in total. The summed E-state index contributed by atoms with van der Waals surface area (Å²) >= 11 is 0. The zero-order valence-electron chi connectivity index (χ0n) is 9.95. The van der Waals surface area contributed by atoms with Crippen molar-refractivity contribution in [2.45, 2.75) is 6.92 Å². The second kappa shape index (κ2) is 4.34. The van der Waals surface area contributed by atoms with Crippen molar-refractivity contribution in [3.05, 3.63) is 35.8 Å². The van der Waals surface area contributed by atoms with Crippen molar-refractivity contribution in [2.24, 2.45) is 0 Å². The maximum Gasteiger partial charge on any atom is 0.262 e. The van der Waals surface area contributed by atoms with Gasteiger partial charge in [-0.3, -0.25) is 10.1 Å². The lowest BCUT2D eigenvalue weighted by molar-refractivity contribution is 0.432. The van der Waals surface area contributed by atoms with Crippen molar-refractivity contribution >= 4 is 0 Å². The van der Waals surface area contributed by atoms with Gasteiger partial charge in [0.05, 0.1) is 11.8 Å². The molecule has 0 bridgehead atoms. The molecule has 92 valence electrons. The Kier molecular flexibility index (Phi) is 2.54. The fourth-order valence-corrected chi connectivity index (χ4v) is 1.63. The Morgan fingerprint density at radius 3 is 3.11 bits per heavy atom. The maximum atomic E-state index is 8.91. The van der Waals surface area contributed by atoms with Crippen molar-refractivity contribution in [2.75, 3.05) is 0 Å². The number of aromatic amines is 1. The predicted octanol–water partition coefficient (Wildman–Crippen LogP) is 1.70. The Balaban J connectivity index is 2.03. The topological polar surface area (TPSA) is 104 Å². The van der Waals surface area contributed by atoms with E-state index in [1.807, 2.05) is 25.1 Å². The molecule has 0 spiro atoms. The lowest BCUT2D eigenvalue weighted by Crippen LogP contribution is -1.86. The number of nitrogens with zero attached hydrogens (tertiary/aromatic N) is 5. The number of H-pyrrole nitrogens is 1. The molecule has 3 heterocycles. The minimum atomic E-state index is 0.239. The van der Waals surface area contributed by atoms with E-state index in [1.54, 1.807) is 6.20 Å². The molecule has 0 amide bonds. The van der Waals surface area contributed by atoms with Crippen LogP contribution in [0.1, 0.15) is 11.3 Å². The number of aryl methyl sites for hydroxylation is 1. The van der Waals surface area contributed by atoms with E-state index in [2.05, 4.69) is 25.3 Å². The summed E-state index contributed by atoms with van der Waals surface area (Å²) < 4.78 is 5.13. The molecule has 0 aliphatic rings. The Hall–Kier alpha value is -3.01. The van der Waals surface area contributed by atoms with Crippen molar-refractivity contribution in [1.29, 1.82) is 5.26 Å². The molecular formula is C12H8N6O. The fourth-order valence-electron chi connectivity index (χ4n) is 1.63. The molecule has 1 N–H and O–H groups in total. The summed E-state index contributed by atoms with van der Waals surface area (Å²) in [4.78, 5) is 8.39. The van der Waals surface area contributed by atoms with Gasteiger partial charge in [0.15, 0.2) is 0 Å². The number of rotatable bonds is 2. The number of hydrogen-bond donors (Lipinski definition) is 1. The molecule has 3 aromatic rings. The van der Waals surface area contributed by atoms with Crippen LogP contribution in [0.2, 0.25) is 0 Å². The molecule has 7 heteroatoms. The number of aromatic nitrogens is 5. The number of nitrogens with one attached hydrogen (secondary N) is 1. The molecule has 0 unspecified atom stereocenters. The molecule has 0 aliphatic carbocycles. The molecule has 0 fully saturated rings. The number of pyridine rings is 1. The van der Waals surface area contributed by atoms with Crippen LogP contribution in [0, 0.1) is 18.3 Å². The molecule has 3 aromatic heterocycles. The van der Waals surface area contributed by atoms with Crippen LogP contribution in [0.5, 0.6) is 0 Å². The van der Waals surface area contributed by atoms with Crippen molar-refractivity contribution in [3.63, 3.8) is 0 Å². The summed E-state index contributed by atoms with van der Waals surface area (Å²) in [6, 6.07) is 5.71. The van der Waals surface area contributed by atoms with Gasteiger partial charge in [0.25, 0.3) is 5.89 Å². The normalized spacial score (nSPS) is 10.3. The number of hydrogen-bond acceptors (Lipinski definition) is 6. The molecule has 19 heavy (non-hydrogen) atoms. The van der Waals surface area contributed by atoms with Gasteiger partial charge in [-0.25, -0.2) is 0 Å². The Bertz CT molecular complexity index is 766. The van der Waals surface area contributed by atoms with E-state index in [0.717, 1.165) is 5.56 Å². The first kappa shape index (κ1) is 11.1. The molecule has 0 radical (unpaired) electrons. The standard InChI is InChI=1S/C12H8N6O/c1-7-2-3-14-9(4-7)11-16-12(19-18-11)8-6-15-17-10(8)5-13/h2-4,6H,1H3,(H,15,17). The average molecular weight is 252 g/mol. The molecule has 0 aliphatic heterocycles. The monoisotopic (exact) mass is 252 g/mol. The third kappa shape index (κ3) is 1.95. The molecule has 0 saturated carbocycles. The van der Waals surface area contributed by atoms with E-state index in [4.69, 9.17) is 9.78 Å². The average Bonchev–Trinajstić information content (AvgIpc) is 3.07. The van der Waals surface area contributed by atoms with Gasteiger partial charge in [-0.05, 0) is 24.6 Å². The minimum Gasteiger partial charge on any atom is -0.333 e. The fraction of sp³-hybridized carbons (Fsp3) is 0.0833. The largest absolute Gasteiger partial charge is 0.333 e. The highest BCUT2D eigenvalue weighted by Gasteiger charge is 2.16. The minimum absolute atomic E-state index is 0.239. The maximum absolute atomic E-state index is 8.91. The van der Waals surface area contributed by atoms with Crippen LogP contribution in [-0.4, -0.2) is 25.3 Å². The van der Waals surface area contributed by atoms with Crippen molar-refractivity contribution in [1.82, 2.24) is 25.3 Å². The van der Waals surface area contributed by atoms with Crippen LogP contribution in [0.15, 0.2) is 29.0 Å². The third-order valence-corrected chi connectivity index (χ3v) is 2.55. The second-order valence-electron chi connectivity index (χ2n) is 3.91. The van der Waals surface area contributed by atoms with Gasteiger partial charge in [0.2, 0.25) is 5.82 Å². The Morgan fingerprint density at radius 2 is 2.32 bits per heavy atom. The Labute approximate surface area is 107 Å². The first-order valence-corrected chi connectivity index (χ1v) is 5.48. The first-order valence-electron chi connectivity index (χ1n) is 5.48. The summed E-state index contributed by atoms with van der Waals surface area (Å²) in [6.45, 7) is 1.95. The number of nitriles is 1. The van der Waals surface area contributed by atoms with Crippen LogP contribution < -0.4 is 0 Å². The van der Waals surface area contributed by atoms with E-state index >= 15 is 0 Å². The van der Waals surface area contributed by atoms with E-state index in [9.17, 15) is 0 Å². The van der Waals surface area contributed by atoms with E-state index in [-0.39, 0.29) is 11.6 Å². The van der Waals surface area contributed by atoms with Crippen LogP contribution in [0.25, 0.3) is 23.0 Å². The second-order valence-corrected chi connectivity index (χ2v) is 3.91. The lowest BCUT2D eigenvalue weighted by Gasteiger charge is -1.94. The summed E-state index contributed by atoms with van der Waals surface area (Å²) in [5, 5.41) is 19.1. The smallest absolute Gasteiger partial charge is 0.262 e. The van der Waals surface area contributed by atoms with Gasteiger partial charge in [-0.2, -0.15) is 15.3 Å². The van der Waals surface area contributed by atoms with Crippen LogP contribution in [0.4, 0.5) is 0 Å². The highest BCUT2D eigenvalue weighted by Crippen LogP contribution is 2.22. The molecule has 3 rings (SSSR count). The predicted molar refractivity (Wildman–Crippen MR) is 64.6 cm³/mol. The zero-order valence-corrected chi connectivity index (χ0v) is 9.95. The van der Waals surface area contributed by atoms with Gasteiger partial charge in [0, 0.05) is 6.20 Å². The van der Waals surface area contributed by atoms with Crippen molar-refractivity contribution < 1.29 is 4.52 Å². The SMILES string of the molecule is Cc1ccnc(-c2noc(-c3cn[nH]c3C#N)n2)c1. The van der Waals surface area contributed by atoms with Crippen LogP contribution in [-0.2, 0) is 0 Å². The van der Waals surface area contributed by atoms with Gasteiger partial charge < -0.3 is 4.52 Å². The zero-order chi connectivity index (χ0) is 13.2. The third-order valence-electron chi connectivity index (χ3n) is 2.55. The molecule has 0 atom stereocenters. The van der Waals surface area contributed by atoms with Gasteiger partial charge in [0.1, 0.15) is 17.5 Å². The highest BCUT2D eigenvalue weighted by atomic mass is 16.5. The molecule has 0 aromatic carbocycles. The Morgan fingerprint density at radius 1 is 1.42 bits per heavy atom. The summed E-state index contributed by atoms with van der Waals surface area (Å²) in [5.41, 5.74) is 2.44. The van der Waals surface area contributed by atoms with Crippen LogP contribution >= 0.6 is 0 Å². The van der Waals surface area contributed by atoms with Crippen LogP contribution in [0.3, 0.4) is 0 Å². The van der Waals surface area contributed by atoms with Gasteiger partial charge >= 0.3 is 0 Å². The van der Waals surface area contributed by atoms with E-state index in [0.29, 0.717) is 17.1 Å². The lowest BCUT2D eigenvalue weighted by atomic mass is 10.2. The highest BCUT2D eigenvalue weighted by molar-refractivity contribution is 5.61. The molecule has 0 saturated heterocycles. The first-order chi connectivity index (χ1) is 9.28. The summed E-state index contributed by atoms with van der Waals surface area (Å²) in [6.07, 6.45) is 3.15. The summed E-state index contributed by atoms with van der Waals surface area (Å²) in [7, 11) is 0. The van der Waals surface area contributed by atoms with Gasteiger partial charge in [-0.15, -0.1) is 0 Å². The van der Waals surface area contributed by atoms with Gasteiger partial charge in [-0.1, -0.05) is 5.16 Å². The summed E-state index contributed by atoms with van der Waals surface area (Å²) in [5.74, 6) is 0.618.